The minimum absolute atomic E-state index is 0.00189. The van der Waals surface area contributed by atoms with Gasteiger partial charge in [-0.25, -0.2) is 4.98 Å². The molecule has 2 aromatic rings. The molecule has 6 nitrogen and oxygen atoms in total. The van der Waals surface area contributed by atoms with Gasteiger partial charge < -0.3 is 10.6 Å². The van der Waals surface area contributed by atoms with Crippen LogP contribution in [0.15, 0.2) is 40.1 Å². The lowest BCUT2D eigenvalue weighted by molar-refractivity contribution is 0.196. The van der Waals surface area contributed by atoms with E-state index in [0.717, 1.165) is 55.3 Å². The van der Waals surface area contributed by atoms with Crippen molar-refractivity contribution in [2.45, 2.75) is 44.7 Å². The van der Waals surface area contributed by atoms with Crippen molar-refractivity contribution in [3.05, 3.63) is 57.5 Å². The summed E-state index contributed by atoms with van der Waals surface area (Å²) in [6, 6.07) is 10.2. The highest BCUT2D eigenvalue weighted by Crippen LogP contribution is 2.45. The number of fused-ring (bicyclic) bond motifs is 1. The summed E-state index contributed by atoms with van der Waals surface area (Å²) < 4.78 is 1.70. The number of benzene rings is 1. The Hall–Kier alpha value is -2.47. The number of hydrogen-bond donors (Lipinski definition) is 1. The van der Waals surface area contributed by atoms with E-state index in [9.17, 15) is 4.79 Å². The Bertz CT molecular complexity index is 986. The number of rotatable bonds is 2. The Morgan fingerprint density at radius 1 is 1.14 bits per heavy atom. The van der Waals surface area contributed by atoms with Crippen LogP contribution in [-0.4, -0.2) is 34.4 Å². The van der Waals surface area contributed by atoms with Crippen LogP contribution in [0.4, 0.5) is 5.95 Å². The molecule has 1 aromatic heterocycles. The van der Waals surface area contributed by atoms with Crippen molar-refractivity contribution in [2.75, 3.05) is 18.0 Å². The first-order chi connectivity index (χ1) is 13.6. The van der Waals surface area contributed by atoms with Crippen LogP contribution in [0.25, 0.3) is 0 Å². The summed E-state index contributed by atoms with van der Waals surface area (Å²) >= 11 is 0. The van der Waals surface area contributed by atoms with Crippen LogP contribution in [0.5, 0.6) is 0 Å². The second-order valence-corrected chi connectivity index (χ2v) is 8.48. The Morgan fingerprint density at radius 2 is 1.89 bits per heavy atom. The molecule has 1 atom stereocenters. The fourth-order valence-electron chi connectivity index (χ4n) is 5.27. The maximum atomic E-state index is 13.2. The molecular formula is C22H27N5O. The van der Waals surface area contributed by atoms with Gasteiger partial charge in [-0.05, 0) is 31.1 Å². The minimum atomic E-state index is -0.00189. The highest BCUT2D eigenvalue weighted by Gasteiger charge is 2.43. The number of anilines is 1. The summed E-state index contributed by atoms with van der Waals surface area (Å²) in [6.45, 7) is 2.31. The molecule has 1 spiro atoms. The van der Waals surface area contributed by atoms with Gasteiger partial charge in [-0.3, -0.25) is 14.4 Å². The Kier molecular flexibility index (Phi) is 4.12. The SMILES string of the molecule is Cn1c(N2CCC3(CCC[C@H]3N)CC2)nc2c(c1=O)C(c1ccccc1)=NC2. The lowest BCUT2D eigenvalue weighted by Gasteiger charge is -2.42. The summed E-state index contributed by atoms with van der Waals surface area (Å²) in [6.07, 6.45) is 5.82. The molecule has 0 radical (unpaired) electrons. The van der Waals surface area contributed by atoms with E-state index in [2.05, 4.69) is 9.89 Å². The van der Waals surface area contributed by atoms with Crippen LogP contribution < -0.4 is 16.2 Å². The van der Waals surface area contributed by atoms with Crippen LogP contribution in [0.3, 0.4) is 0 Å². The first-order valence-electron chi connectivity index (χ1n) is 10.3. The predicted octanol–water partition coefficient (Wildman–Crippen LogP) is 2.23. The first-order valence-corrected chi connectivity index (χ1v) is 10.3. The lowest BCUT2D eigenvalue weighted by Crippen LogP contribution is -2.48. The highest BCUT2D eigenvalue weighted by atomic mass is 16.1. The summed E-state index contributed by atoms with van der Waals surface area (Å²) in [4.78, 5) is 25.0. The molecule has 146 valence electrons. The molecule has 0 amide bonds. The third-order valence-electron chi connectivity index (χ3n) is 7.03. The van der Waals surface area contributed by atoms with E-state index in [-0.39, 0.29) is 5.56 Å². The number of nitrogens with two attached hydrogens (primary N) is 1. The van der Waals surface area contributed by atoms with Gasteiger partial charge in [0.1, 0.15) is 0 Å². The van der Waals surface area contributed by atoms with Crippen molar-refractivity contribution in [1.29, 1.82) is 0 Å². The highest BCUT2D eigenvalue weighted by molar-refractivity contribution is 6.14. The third kappa shape index (κ3) is 2.62. The molecule has 1 aromatic carbocycles. The molecule has 1 saturated heterocycles. The van der Waals surface area contributed by atoms with Gasteiger partial charge in [0.15, 0.2) is 0 Å². The van der Waals surface area contributed by atoms with Crippen LogP contribution in [0, 0.1) is 5.41 Å². The van der Waals surface area contributed by atoms with Crippen LogP contribution >= 0.6 is 0 Å². The zero-order chi connectivity index (χ0) is 19.3. The van der Waals surface area contributed by atoms with E-state index in [4.69, 9.17) is 10.7 Å². The average molecular weight is 377 g/mol. The van der Waals surface area contributed by atoms with Crippen molar-refractivity contribution in [2.24, 2.45) is 23.2 Å². The maximum absolute atomic E-state index is 13.2. The van der Waals surface area contributed by atoms with Crippen molar-refractivity contribution in [1.82, 2.24) is 9.55 Å². The summed E-state index contributed by atoms with van der Waals surface area (Å²) in [5.41, 5.74) is 9.92. The standard InChI is InChI=1S/C22H27N5O/c1-26-20(28)18-16(14-24-19(18)15-6-3-2-4-7-15)25-21(26)27-12-10-22(11-13-27)9-5-8-17(22)23/h2-4,6-7,17H,5,8-14,23H2,1H3/t17-/m1/s1. The average Bonchev–Trinajstić information content (AvgIpc) is 3.30. The molecule has 2 aliphatic heterocycles. The van der Waals surface area contributed by atoms with E-state index < -0.39 is 0 Å². The van der Waals surface area contributed by atoms with Gasteiger partial charge in [0.25, 0.3) is 5.56 Å². The number of aliphatic imine (C=N–C) groups is 1. The molecule has 3 heterocycles. The number of piperidine rings is 1. The molecule has 1 aliphatic carbocycles. The van der Waals surface area contributed by atoms with E-state index in [1.165, 1.54) is 12.8 Å². The molecule has 1 saturated carbocycles. The third-order valence-corrected chi connectivity index (χ3v) is 7.03. The fourth-order valence-corrected chi connectivity index (χ4v) is 5.27. The second kappa shape index (κ2) is 6.55. The molecule has 0 bridgehead atoms. The van der Waals surface area contributed by atoms with E-state index in [1.807, 2.05) is 37.4 Å². The summed E-state index contributed by atoms with van der Waals surface area (Å²) in [5, 5.41) is 0. The molecule has 2 N–H and O–H groups in total. The fraction of sp³-hybridized carbons (Fsp3) is 0.500. The Balaban J connectivity index is 1.45. The molecule has 2 fully saturated rings. The van der Waals surface area contributed by atoms with Crippen molar-refractivity contribution in [3.63, 3.8) is 0 Å². The minimum Gasteiger partial charge on any atom is -0.342 e. The maximum Gasteiger partial charge on any atom is 0.264 e. The van der Waals surface area contributed by atoms with Crippen molar-refractivity contribution in [3.8, 4) is 0 Å². The molecule has 0 unspecified atom stereocenters. The largest absolute Gasteiger partial charge is 0.342 e. The quantitative estimate of drug-likeness (QED) is 0.871. The van der Waals surface area contributed by atoms with Gasteiger partial charge in [-0.1, -0.05) is 36.8 Å². The van der Waals surface area contributed by atoms with Gasteiger partial charge in [0.2, 0.25) is 5.95 Å². The smallest absolute Gasteiger partial charge is 0.264 e. The molecule has 5 rings (SSSR count). The van der Waals surface area contributed by atoms with Gasteiger partial charge >= 0.3 is 0 Å². The normalized spacial score (nSPS) is 23.1. The predicted molar refractivity (Wildman–Crippen MR) is 111 cm³/mol. The monoisotopic (exact) mass is 377 g/mol. The van der Waals surface area contributed by atoms with Gasteiger partial charge in [-0.2, -0.15) is 0 Å². The van der Waals surface area contributed by atoms with Crippen LogP contribution in [-0.2, 0) is 13.6 Å². The second-order valence-electron chi connectivity index (χ2n) is 8.48. The molecule has 6 heteroatoms. The Morgan fingerprint density at radius 3 is 2.57 bits per heavy atom. The molecular weight excluding hydrogens is 350 g/mol. The van der Waals surface area contributed by atoms with E-state index in [1.54, 1.807) is 4.57 Å². The number of aromatic nitrogens is 2. The van der Waals surface area contributed by atoms with Gasteiger partial charge in [0, 0.05) is 31.7 Å². The molecule has 3 aliphatic rings. The van der Waals surface area contributed by atoms with Crippen molar-refractivity contribution >= 4 is 11.7 Å². The Labute approximate surface area is 165 Å². The topological polar surface area (TPSA) is 76.5 Å². The summed E-state index contributed by atoms with van der Waals surface area (Å²) in [7, 11) is 1.83. The number of nitrogens with zero attached hydrogens (tertiary/aromatic N) is 4. The zero-order valence-corrected chi connectivity index (χ0v) is 16.4. The first kappa shape index (κ1) is 17.6. The van der Waals surface area contributed by atoms with Gasteiger partial charge in [0.05, 0.1) is 23.5 Å². The zero-order valence-electron chi connectivity index (χ0n) is 16.4. The molecule has 28 heavy (non-hydrogen) atoms. The van der Waals surface area contributed by atoms with E-state index in [0.29, 0.717) is 23.6 Å². The van der Waals surface area contributed by atoms with Crippen LogP contribution in [0.2, 0.25) is 0 Å². The number of hydrogen-bond acceptors (Lipinski definition) is 5. The van der Waals surface area contributed by atoms with Gasteiger partial charge in [-0.15, -0.1) is 0 Å². The van der Waals surface area contributed by atoms with Crippen LogP contribution in [0.1, 0.15) is 48.9 Å². The summed E-state index contributed by atoms with van der Waals surface area (Å²) in [5.74, 6) is 0.773. The lowest BCUT2D eigenvalue weighted by atomic mass is 9.74. The van der Waals surface area contributed by atoms with Crippen molar-refractivity contribution < 1.29 is 0 Å². The van der Waals surface area contributed by atoms with E-state index >= 15 is 0 Å².